The van der Waals surface area contributed by atoms with E-state index < -0.39 is 6.04 Å². The number of nitrogens with zero attached hydrogens (tertiary/aromatic N) is 2. The first kappa shape index (κ1) is 12.4. The van der Waals surface area contributed by atoms with Crippen LogP contribution in [0.25, 0.3) is 0 Å². The summed E-state index contributed by atoms with van der Waals surface area (Å²) in [5, 5.41) is 2.54. The minimum Gasteiger partial charge on any atom is -0.348 e. The molecule has 1 aromatic heterocycles. The average molecular weight is 223 g/mol. The summed E-state index contributed by atoms with van der Waals surface area (Å²) in [6, 6.07) is -0.479. The Hall–Kier alpha value is -1.65. The molecule has 0 aliphatic carbocycles. The summed E-state index contributed by atoms with van der Waals surface area (Å²) in [6.45, 7) is 3.64. The highest BCUT2D eigenvalue weighted by molar-refractivity contribution is 5.87. The number of hydrogen-bond donors (Lipinski definition) is 1. The highest BCUT2D eigenvalue weighted by atomic mass is 16.1. The van der Waals surface area contributed by atoms with Crippen molar-refractivity contribution < 1.29 is 9.59 Å². The van der Waals surface area contributed by atoms with Crippen LogP contribution >= 0.6 is 0 Å². The van der Waals surface area contributed by atoms with Crippen LogP contribution < -0.4 is 5.32 Å². The summed E-state index contributed by atoms with van der Waals surface area (Å²) in [4.78, 5) is 26.4. The first-order chi connectivity index (χ1) is 7.54. The van der Waals surface area contributed by atoms with Gasteiger partial charge in [0.2, 0.25) is 6.41 Å². The molecule has 0 radical (unpaired) electrons. The monoisotopic (exact) mass is 223 g/mol. The van der Waals surface area contributed by atoms with E-state index in [1.807, 2.05) is 31.7 Å². The molecule has 16 heavy (non-hydrogen) atoms. The van der Waals surface area contributed by atoms with Gasteiger partial charge in [-0.15, -0.1) is 0 Å². The Balaban J connectivity index is 2.71. The minimum atomic E-state index is -0.479. The number of aryl methyl sites for hydroxylation is 1. The van der Waals surface area contributed by atoms with E-state index in [1.54, 1.807) is 6.33 Å². The highest BCUT2D eigenvalue weighted by Gasteiger charge is 2.21. The zero-order valence-electron chi connectivity index (χ0n) is 9.80. The Kier molecular flexibility index (Phi) is 4.22. The molecule has 0 aromatic carbocycles. The Morgan fingerprint density at radius 3 is 2.75 bits per heavy atom. The van der Waals surface area contributed by atoms with Crippen molar-refractivity contribution in [2.75, 3.05) is 0 Å². The SMILES string of the molecule is CC(C)C(=O)C(Cc1cn(C)cn1)NC=O. The average Bonchev–Trinajstić information content (AvgIpc) is 2.62. The quantitative estimate of drug-likeness (QED) is 0.706. The molecule has 1 aromatic rings. The summed E-state index contributed by atoms with van der Waals surface area (Å²) in [7, 11) is 1.86. The number of carbonyl (C=O) groups excluding carboxylic acids is 2. The van der Waals surface area contributed by atoms with Crippen LogP contribution in [0.4, 0.5) is 0 Å². The lowest BCUT2D eigenvalue weighted by Crippen LogP contribution is -2.40. The molecule has 1 unspecified atom stereocenters. The van der Waals surface area contributed by atoms with Crippen LogP contribution in [0.3, 0.4) is 0 Å². The predicted molar refractivity (Wildman–Crippen MR) is 59.7 cm³/mol. The number of carbonyl (C=O) groups is 2. The molecular formula is C11H17N3O2. The largest absolute Gasteiger partial charge is 0.348 e. The summed E-state index contributed by atoms with van der Waals surface area (Å²) in [5.74, 6) is -0.0704. The third-order valence-electron chi connectivity index (χ3n) is 2.35. The van der Waals surface area contributed by atoms with Crippen molar-refractivity contribution in [1.29, 1.82) is 0 Å². The lowest BCUT2D eigenvalue weighted by molar-refractivity contribution is -0.126. The van der Waals surface area contributed by atoms with Gasteiger partial charge in [0, 0.05) is 25.6 Å². The molecule has 5 nitrogen and oxygen atoms in total. The van der Waals surface area contributed by atoms with Crippen molar-refractivity contribution in [1.82, 2.24) is 14.9 Å². The molecule has 88 valence electrons. The van der Waals surface area contributed by atoms with Crippen LogP contribution in [0.2, 0.25) is 0 Å². The summed E-state index contributed by atoms with van der Waals surface area (Å²) >= 11 is 0. The van der Waals surface area contributed by atoms with Crippen LogP contribution in [-0.4, -0.2) is 27.8 Å². The number of nitrogens with one attached hydrogen (secondary N) is 1. The van der Waals surface area contributed by atoms with E-state index in [2.05, 4.69) is 10.3 Å². The van der Waals surface area contributed by atoms with Gasteiger partial charge in [0.05, 0.1) is 18.1 Å². The van der Waals surface area contributed by atoms with Gasteiger partial charge >= 0.3 is 0 Å². The minimum absolute atomic E-state index is 0.0257. The van der Waals surface area contributed by atoms with Gasteiger partial charge in [-0.3, -0.25) is 9.59 Å². The van der Waals surface area contributed by atoms with E-state index in [9.17, 15) is 9.59 Å². The summed E-state index contributed by atoms with van der Waals surface area (Å²) in [6.07, 6.45) is 4.52. The van der Waals surface area contributed by atoms with Gasteiger partial charge in [0.15, 0.2) is 5.78 Å². The molecule has 0 aliphatic rings. The fraction of sp³-hybridized carbons (Fsp3) is 0.545. The number of hydrogen-bond acceptors (Lipinski definition) is 3. The second kappa shape index (κ2) is 5.44. The molecule has 0 spiro atoms. The summed E-state index contributed by atoms with van der Waals surface area (Å²) in [5.41, 5.74) is 0.802. The predicted octanol–water partition coefficient (Wildman–Crippen LogP) is 0.302. The van der Waals surface area contributed by atoms with Gasteiger partial charge in [-0.1, -0.05) is 13.8 Å². The maximum absolute atomic E-state index is 11.8. The Labute approximate surface area is 94.9 Å². The van der Waals surface area contributed by atoms with Crippen molar-refractivity contribution >= 4 is 12.2 Å². The second-order valence-corrected chi connectivity index (χ2v) is 4.13. The standard InChI is InChI=1S/C11H17N3O2/c1-8(2)11(16)10(13-7-15)4-9-5-14(3)6-12-9/h5-8,10H,4H2,1-3H3,(H,13,15). The third kappa shape index (κ3) is 3.18. The molecule has 1 heterocycles. The van der Waals surface area contributed by atoms with Crippen LogP contribution in [0, 0.1) is 5.92 Å². The van der Waals surface area contributed by atoms with E-state index in [0.29, 0.717) is 12.8 Å². The highest BCUT2D eigenvalue weighted by Crippen LogP contribution is 2.06. The topological polar surface area (TPSA) is 64.0 Å². The molecule has 1 amide bonds. The smallest absolute Gasteiger partial charge is 0.207 e. The maximum Gasteiger partial charge on any atom is 0.207 e. The molecule has 1 rings (SSSR count). The van der Waals surface area contributed by atoms with Crippen molar-refractivity contribution in [3.8, 4) is 0 Å². The van der Waals surface area contributed by atoms with E-state index in [-0.39, 0.29) is 11.7 Å². The normalized spacial score (nSPS) is 12.5. The van der Waals surface area contributed by atoms with Crippen molar-refractivity contribution in [3.05, 3.63) is 18.2 Å². The number of amides is 1. The van der Waals surface area contributed by atoms with E-state index in [1.165, 1.54) is 0 Å². The maximum atomic E-state index is 11.8. The van der Waals surface area contributed by atoms with E-state index in [4.69, 9.17) is 0 Å². The van der Waals surface area contributed by atoms with Gasteiger partial charge < -0.3 is 9.88 Å². The second-order valence-electron chi connectivity index (χ2n) is 4.13. The van der Waals surface area contributed by atoms with E-state index >= 15 is 0 Å². The van der Waals surface area contributed by atoms with Crippen LogP contribution in [0.5, 0.6) is 0 Å². The molecule has 1 atom stereocenters. The molecule has 0 bridgehead atoms. The van der Waals surface area contributed by atoms with Crippen molar-refractivity contribution in [3.63, 3.8) is 0 Å². The van der Waals surface area contributed by atoms with Gasteiger partial charge in [-0.2, -0.15) is 0 Å². The Bertz CT molecular complexity index is 371. The molecule has 0 aliphatic heterocycles. The van der Waals surface area contributed by atoms with Gasteiger partial charge in [0.25, 0.3) is 0 Å². The van der Waals surface area contributed by atoms with Crippen LogP contribution in [-0.2, 0) is 23.1 Å². The zero-order valence-corrected chi connectivity index (χ0v) is 9.80. The number of rotatable bonds is 6. The molecule has 0 saturated heterocycles. The lowest BCUT2D eigenvalue weighted by atomic mass is 9.98. The fourth-order valence-corrected chi connectivity index (χ4v) is 1.51. The number of imidazole rings is 1. The van der Waals surface area contributed by atoms with Crippen LogP contribution in [0.1, 0.15) is 19.5 Å². The fourth-order valence-electron chi connectivity index (χ4n) is 1.51. The Morgan fingerprint density at radius 1 is 1.62 bits per heavy atom. The van der Waals surface area contributed by atoms with Gasteiger partial charge in [-0.05, 0) is 0 Å². The number of ketones is 1. The molecular weight excluding hydrogens is 206 g/mol. The Morgan fingerprint density at radius 2 is 2.31 bits per heavy atom. The molecule has 1 N–H and O–H groups in total. The number of Topliss-reactive ketones (excluding diaryl/α,β-unsaturated/α-hetero) is 1. The molecule has 0 saturated carbocycles. The lowest BCUT2D eigenvalue weighted by Gasteiger charge is -2.15. The molecule has 5 heteroatoms. The van der Waals surface area contributed by atoms with E-state index in [0.717, 1.165) is 5.69 Å². The van der Waals surface area contributed by atoms with Gasteiger partial charge in [0.1, 0.15) is 0 Å². The first-order valence-corrected chi connectivity index (χ1v) is 5.25. The summed E-state index contributed by atoms with van der Waals surface area (Å²) < 4.78 is 1.81. The zero-order chi connectivity index (χ0) is 12.1. The van der Waals surface area contributed by atoms with Crippen molar-refractivity contribution in [2.24, 2.45) is 13.0 Å². The third-order valence-corrected chi connectivity index (χ3v) is 2.35. The molecule has 0 fully saturated rings. The van der Waals surface area contributed by atoms with Crippen molar-refractivity contribution in [2.45, 2.75) is 26.3 Å². The van der Waals surface area contributed by atoms with Gasteiger partial charge in [-0.25, -0.2) is 4.98 Å². The number of aromatic nitrogens is 2. The van der Waals surface area contributed by atoms with Crippen LogP contribution in [0.15, 0.2) is 12.5 Å². The first-order valence-electron chi connectivity index (χ1n) is 5.25.